The van der Waals surface area contributed by atoms with E-state index >= 15 is 0 Å². The maximum Gasteiger partial charge on any atom is 0.109 e. The van der Waals surface area contributed by atoms with Gasteiger partial charge in [-0.1, -0.05) is 0 Å². The largest absolute Gasteiger partial charge is 0.294 e. The van der Waals surface area contributed by atoms with Crippen molar-refractivity contribution in [3.8, 4) is 0 Å². The molecule has 0 saturated carbocycles. The summed E-state index contributed by atoms with van der Waals surface area (Å²) in [4.78, 5) is 0. The summed E-state index contributed by atoms with van der Waals surface area (Å²) in [5.41, 5.74) is 0. The van der Waals surface area contributed by atoms with Crippen molar-refractivity contribution in [3.63, 3.8) is 0 Å². The van der Waals surface area contributed by atoms with Crippen LogP contribution in [0.5, 0.6) is 0 Å². The third kappa shape index (κ3) is 1.18. The van der Waals surface area contributed by atoms with E-state index < -0.39 is 0 Å². The number of hydrazone groups is 1. The summed E-state index contributed by atoms with van der Waals surface area (Å²) >= 11 is 0. The lowest BCUT2D eigenvalue weighted by molar-refractivity contribution is 0.282. The highest BCUT2D eigenvalue weighted by molar-refractivity contribution is 5.58. The lowest BCUT2D eigenvalue weighted by Crippen LogP contribution is -2.16. The Hall–Kier alpha value is -0.600. The molecule has 46 valence electrons. The molecule has 0 atom stereocenters. The number of hydrogen-bond donors (Lipinski definition) is 0. The van der Waals surface area contributed by atoms with Crippen LogP contribution >= 0.6 is 0 Å². The Labute approximate surface area is 48.0 Å². The van der Waals surface area contributed by atoms with Crippen LogP contribution in [-0.4, -0.2) is 31.0 Å². The summed E-state index contributed by atoms with van der Waals surface area (Å²) in [5.74, 6) is 0. The zero-order valence-corrected chi connectivity index (χ0v) is 4.68. The Balaban J connectivity index is 2.16. The van der Waals surface area contributed by atoms with Gasteiger partial charge in [0, 0.05) is 19.2 Å². The van der Waals surface area contributed by atoms with Gasteiger partial charge in [-0.05, 0) is 0 Å². The lowest BCUT2D eigenvalue weighted by atomic mass is 10.5. The molecule has 2 nitrogen and oxygen atoms in total. The van der Waals surface area contributed by atoms with Crippen LogP contribution in [0.15, 0.2) is 5.10 Å². The first kappa shape index (κ1) is 5.54. The predicted molar refractivity (Wildman–Crippen MR) is 30.7 cm³/mol. The van der Waals surface area contributed by atoms with Crippen molar-refractivity contribution in [3.05, 3.63) is 0 Å². The molecule has 3 heteroatoms. The molecular formula is C5H9FN2. The van der Waals surface area contributed by atoms with E-state index in [0.29, 0.717) is 6.54 Å². The Morgan fingerprint density at radius 1 is 1.75 bits per heavy atom. The van der Waals surface area contributed by atoms with E-state index in [1.165, 1.54) is 0 Å². The standard InChI is InChI=1S/C5H9FN2/c6-2-5-8-4-1-3-7-8/h3H,1-2,4-5H2. The van der Waals surface area contributed by atoms with Crippen molar-refractivity contribution in [2.75, 3.05) is 19.8 Å². The molecule has 0 bridgehead atoms. The summed E-state index contributed by atoms with van der Waals surface area (Å²) in [6.45, 7) is 1.05. The summed E-state index contributed by atoms with van der Waals surface area (Å²) in [5, 5.41) is 5.63. The molecule has 0 aromatic rings. The Morgan fingerprint density at radius 2 is 2.62 bits per heavy atom. The van der Waals surface area contributed by atoms with Gasteiger partial charge in [0.2, 0.25) is 0 Å². The second-order valence-corrected chi connectivity index (χ2v) is 1.73. The van der Waals surface area contributed by atoms with Crippen LogP contribution in [0.3, 0.4) is 0 Å². The zero-order valence-electron chi connectivity index (χ0n) is 4.68. The van der Waals surface area contributed by atoms with E-state index in [2.05, 4.69) is 5.10 Å². The van der Waals surface area contributed by atoms with Gasteiger partial charge in [0.15, 0.2) is 0 Å². The fourth-order valence-electron chi connectivity index (χ4n) is 0.705. The fourth-order valence-corrected chi connectivity index (χ4v) is 0.705. The van der Waals surface area contributed by atoms with Gasteiger partial charge in [-0.25, -0.2) is 4.39 Å². The Bertz CT molecular complexity index is 92.4. The van der Waals surface area contributed by atoms with E-state index in [4.69, 9.17) is 0 Å². The van der Waals surface area contributed by atoms with Crippen molar-refractivity contribution in [1.29, 1.82) is 0 Å². The van der Waals surface area contributed by atoms with E-state index in [9.17, 15) is 4.39 Å². The molecule has 0 aliphatic carbocycles. The smallest absolute Gasteiger partial charge is 0.109 e. The molecule has 1 aliphatic heterocycles. The topological polar surface area (TPSA) is 15.6 Å². The van der Waals surface area contributed by atoms with Gasteiger partial charge < -0.3 is 0 Å². The molecule has 8 heavy (non-hydrogen) atoms. The van der Waals surface area contributed by atoms with E-state index in [0.717, 1.165) is 13.0 Å². The van der Waals surface area contributed by atoms with Crippen LogP contribution in [0.1, 0.15) is 6.42 Å². The Kier molecular flexibility index (Phi) is 1.83. The van der Waals surface area contributed by atoms with E-state index in [1.807, 2.05) is 6.21 Å². The molecular weight excluding hydrogens is 107 g/mol. The maximum absolute atomic E-state index is 11.5. The van der Waals surface area contributed by atoms with Crippen molar-refractivity contribution in [1.82, 2.24) is 5.01 Å². The number of nitrogens with zero attached hydrogens (tertiary/aromatic N) is 2. The van der Waals surface area contributed by atoms with Gasteiger partial charge in [-0.3, -0.25) is 5.01 Å². The molecule has 0 spiro atoms. The van der Waals surface area contributed by atoms with Gasteiger partial charge in [-0.15, -0.1) is 0 Å². The molecule has 0 saturated heterocycles. The zero-order chi connectivity index (χ0) is 5.82. The number of halogens is 1. The average Bonchev–Trinajstić information content (AvgIpc) is 2.19. The summed E-state index contributed by atoms with van der Waals surface area (Å²) in [6.07, 6.45) is 2.79. The summed E-state index contributed by atoms with van der Waals surface area (Å²) in [6, 6.07) is 0. The van der Waals surface area contributed by atoms with Gasteiger partial charge in [-0.2, -0.15) is 5.10 Å². The van der Waals surface area contributed by atoms with E-state index in [-0.39, 0.29) is 6.67 Å². The van der Waals surface area contributed by atoms with Crippen LogP contribution in [0.2, 0.25) is 0 Å². The second-order valence-electron chi connectivity index (χ2n) is 1.73. The predicted octanol–water partition coefficient (Wildman–Crippen LogP) is 0.647. The average molecular weight is 116 g/mol. The number of rotatable bonds is 2. The van der Waals surface area contributed by atoms with Gasteiger partial charge in [0.1, 0.15) is 6.67 Å². The molecule has 0 amide bonds. The van der Waals surface area contributed by atoms with Crippen LogP contribution < -0.4 is 0 Å². The first-order valence-electron chi connectivity index (χ1n) is 2.77. The molecule has 1 rings (SSSR count). The minimum Gasteiger partial charge on any atom is -0.294 e. The first-order chi connectivity index (χ1) is 3.93. The fraction of sp³-hybridized carbons (Fsp3) is 0.800. The SMILES string of the molecule is FCCN1CCC=N1. The van der Waals surface area contributed by atoms with Crippen molar-refractivity contribution in [2.24, 2.45) is 5.10 Å². The molecule has 0 aromatic heterocycles. The Morgan fingerprint density at radius 3 is 3.12 bits per heavy atom. The van der Waals surface area contributed by atoms with Gasteiger partial charge in [0.05, 0.1) is 6.54 Å². The molecule has 0 fully saturated rings. The minimum absolute atomic E-state index is 0.294. The van der Waals surface area contributed by atoms with Gasteiger partial charge in [0.25, 0.3) is 0 Å². The minimum atomic E-state index is -0.294. The molecule has 0 aromatic carbocycles. The molecule has 1 heterocycles. The van der Waals surface area contributed by atoms with Crippen molar-refractivity contribution < 1.29 is 4.39 Å². The monoisotopic (exact) mass is 116 g/mol. The first-order valence-corrected chi connectivity index (χ1v) is 2.77. The third-order valence-corrected chi connectivity index (χ3v) is 1.10. The number of alkyl halides is 1. The normalized spacial score (nSPS) is 17.9. The highest BCUT2D eigenvalue weighted by atomic mass is 19.1. The number of hydrogen-bond acceptors (Lipinski definition) is 2. The molecule has 0 N–H and O–H groups in total. The van der Waals surface area contributed by atoms with Crippen molar-refractivity contribution >= 4 is 6.21 Å². The quantitative estimate of drug-likeness (QED) is 0.517. The lowest BCUT2D eigenvalue weighted by Gasteiger charge is -2.08. The van der Waals surface area contributed by atoms with E-state index in [1.54, 1.807) is 5.01 Å². The highest BCUT2D eigenvalue weighted by Gasteiger charge is 2.02. The second kappa shape index (κ2) is 2.64. The summed E-state index contributed by atoms with van der Waals surface area (Å²) in [7, 11) is 0. The van der Waals surface area contributed by atoms with Crippen LogP contribution in [0.4, 0.5) is 4.39 Å². The van der Waals surface area contributed by atoms with Crippen molar-refractivity contribution in [2.45, 2.75) is 6.42 Å². The van der Waals surface area contributed by atoms with Crippen LogP contribution in [0.25, 0.3) is 0 Å². The maximum atomic E-state index is 11.5. The molecule has 0 unspecified atom stereocenters. The third-order valence-electron chi connectivity index (χ3n) is 1.10. The van der Waals surface area contributed by atoms with Crippen LogP contribution in [-0.2, 0) is 0 Å². The molecule has 1 aliphatic rings. The highest BCUT2D eigenvalue weighted by Crippen LogP contribution is 1.97. The molecule has 0 radical (unpaired) electrons. The van der Waals surface area contributed by atoms with Crippen LogP contribution in [0, 0.1) is 0 Å². The summed E-state index contributed by atoms with van der Waals surface area (Å²) < 4.78 is 11.5. The van der Waals surface area contributed by atoms with Gasteiger partial charge >= 0.3 is 0 Å².